The minimum absolute atomic E-state index is 0. The van der Waals surface area contributed by atoms with Crippen molar-refractivity contribution in [2.24, 2.45) is 5.73 Å². The Balaban J connectivity index is 0.00000220. The molecule has 1 atom stereocenters. The number of rotatable bonds is 5. The number of hydrogen-bond donors (Lipinski definition) is 1. The number of halogens is 1. The van der Waals surface area contributed by atoms with Crippen LogP contribution in [0, 0.1) is 0 Å². The van der Waals surface area contributed by atoms with Crippen molar-refractivity contribution in [1.82, 2.24) is 0 Å². The van der Waals surface area contributed by atoms with E-state index < -0.39 is 6.04 Å². The van der Waals surface area contributed by atoms with Gasteiger partial charge in [-0.1, -0.05) is 30.3 Å². The molecule has 0 amide bonds. The standard InChI is InChI=1S/C16H19NO3.ClH/c1-3-20-15(18)10-13(17)16-12-7-5-4-6-11(12)8-9-14(16)19-2;/h4-9,13H,3,10,17H2,1-2H3;1H/t13-;/m0./s1. The quantitative estimate of drug-likeness (QED) is 0.861. The number of nitrogens with two attached hydrogens (primary N) is 1. The lowest BCUT2D eigenvalue weighted by Crippen LogP contribution is -2.18. The van der Waals surface area contributed by atoms with Gasteiger partial charge in [0.15, 0.2) is 0 Å². The van der Waals surface area contributed by atoms with E-state index in [1.54, 1.807) is 14.0 Å². The molecular weight excluding hydrogens is 290 g/mol. The summed E-state index contributed by atoms with van der Waals surface area (Å²) >= 11 is 0. The van der Waals surface area contributed by atoms with Gasteiger partial charge >= 0.3 is 5.97 Å². The first kappa shape index (κ1) is 17.3. The number of carbonyl (C=O) groups is 1. The van der Waals surface area contributed by atoms with E-state index in [1.807, 2.05) is 36.4 Å². The minimum atomic E-state index is -0.449. The molecule has 114 valence electrons. The fourth-order valence-corrected chi connectivity index (χ4v) is 2.34. The highest BCUT2D eigenvalue weighted by Gasteiger charge is 2.19. The molecule has 5 heteroatoms. The maximum atomic E-state index is 11.6. The SMILES string of the molecule is CCOC(=O)C[C@H](N)c1c(OC)ccc2ccccc12.Cl. The highest BCUT2D eigenvalue weighted by molar-refractivity contribution is 5.88. The van der Waals surface area contributed by atoms with Crippen molar-refractivity contribution in [3.8, 4) is 5.75 Å². The Hall–Kier alpha value is -1.78. The summed E-state index contributed by atoms with van der Waals surface area (Å²) in [5.74, 6) is 0.399. The van der Waals surface area contributed by atoms with Crippen molar-refractivity contribution in [3.05, 3.63) is 42.0 Å². The first-order valence-corrected chi connectivity index (χ1v) is 6.64. The van der Waals surface area contributed by atoms with Gasteiger partial charge in [-0.15, -0.1) is 12.4 Å². The van der Waals surface area contributed by atoms with E-state index >= 15 is 0 Å². The van der Waals surface area contributed by atoms with E-state index in [2.05, 4.69) is 0 Å². The van der Waals surface area contributed by atoms with Crippen LogP contribution in [0.25, 0.3) is 10.8 Å². The van der Waals surface area contributed by atoms with E-state index in [0.29, 0.717) is 12.4 Å². The molecule has 0 saturated carbocycles. The average molecular weight is 310 g/mol. The van der Waals surface area contributed by atoms with Crippen LogP contribution in [0.15, 0.2) is 36.4 Å². The lowest BCUT2D eigenvalue weighted by molar-refractivity contribution is -0.143. The number of ether oxygens (including phenoxy) is 2. The molecule has 2 aromatic carbocycles. The van der Waals surface area contributed by atoms with Crippen LogP contribution in [0.4, 0.5) is 0 Å². The number of benzene rings is 2. The molecule has 0 aliphatic carbocycles. The Morgan fingerprint density at radius 1 is 1.24 bits per heavy atom. The molecule has 0 spiro atoms. The van der Waals surface area contributed by atoms with Crippen LogP contribution < -0.4 is 10.5 Å². The Morgan fingerprint density at radius 2 is 1.95 bits per heavy atom. The predicted octanol–water partition coefficient (Wildman–Crippen LogP) is 3.22. The lowest BCUT2D eigenvalue weighted by Gasteiger charge is -2.17. The summed E-state index contributed by atoms with van der Waals surface area (Å²) in [6, 6.07) is 11.3. The van der Waals surface area contributed by atoms with Gasteiger partial charge in [0.2, 0.25) is 0 Å². The summed E-state index contributed by atoms with van der Waals surface area (Å²) in [6.07, 6.45) is 0.137. The zero-order chi connectivity index (χ0) is 14.5. The highest BCUT2D eigenvalue weighted by atomic mass is 35.5. The van der Waals surface area contributed by atoms with Crippen molar-refractivity contribution in [2.45, 2.75) is 19.4 Å². The Bertz CT molecular complexity index is 615. The third kappa shape index (κ3) is 3.86. The van der Waals surface area contributed by atoms with E-state index in [4.69, 9.17) is 15.2 Å². The second-order valence-corrected chi connectivity index (χ2v) is 4.52. The second kappa shape index (κ2) is 7.86. The van der Waals surface area contributed by atoms with Gasteiger partial charge in [0.05, 0.1) is 20.1 Å². The molecule has 21 heavy (non-hydrogen) atoms. The Morgan fingerprint density at radius 3 is 2.62 bits per heavy atom. The Labute approximate surface area is 130 Å². The van der Waals surface area contributed by atoms with E-state index in [1.165, 1.54) is 0 Å². The van der Waals surface area contributed by atoms with Gasteiger partial charge in [0, 0.05) is 11.6 Å². The van der Waals surface area contributed by atoms with Crippen LogP contribution in [0.1, 0.15) is 24.9 Å². The van der Waals surface area contributed by atoms with Crippen LogP contribution in [-0.4, -0.2) is 19.7 Å². The van der Waals surface area contributed by atoms with E-state index in [-0.39, 0.29) is 24.8 Å². The average Bonchev–Trinajstić information content (AvgIpc) is 2.46. The molecule has 0 radical (unpaired) electrons. The van der Waals surface area contributed by atoms with Crippen molar-refractivity contribution in [1.29, 1.82) is 0 Å². The summed E-state index contributed by atoms with van der Waals surface area (Å²) < 4.78 is 10.3. The molecule has 0 aliphatic rings. The van der Waals surface area contributed by atoms with Crippen LogP contribution in [0.3, 0.4) is 0 Å². The molecule has 0 aliphatic heterocycles. The largest absolute Gasteiger partial charge is 0.496 e. The number of carbonyl (C=O) groups excluding carboxylic acids is 1. The molecule has 2 rings (SSSR count). The van der Waals surface area contributed by atoms with Gasteiger partial charge in [-0.25, -0.2) is 0 Å². The van der Waals surface area contributed by atoms with Crippen LogP contribution in [0.5, 0.6) is 5.75 Å². The van der Waals surface area contributed by atoms with Gasteiger partial charge in [0.1, 0.15) is 5.75 Å². The third-order valence-corrected chi connectivity index (χ3v) is 3.21. The fraction of sp³-hybridized carbons (Fsp3) is 0.312. The molecule has 0 heterocycles. The smallest absolute Gasteiger partial charge is 0.307 e. The van der Waals surface area contributed by atoms with Crippen LogP contribution in [-0.2, 0) is 9.53 Å². The molecule has 0 aromatic heterocycles. The molecule has 0 fully saturated rings. The molecule has 0 unspecified atom stereocenters. The summed E-state index contributed by atoms with van der Waals surface area (Å²) in [5.41, 5.74) is 7.03. The molecule has 0 bridgehead atoms. The summed E-state index contributed by atoms with van der Waals surface area (Å²) in [6.45, 7) is 2.14. The first-order chi connectivity index (χ1) is 9.67. The van der Waals surface area contributed by atoms with Crippen molar-refractivity contribution >= 4 is 29.1 Å². The van der Waals surface area contributed by atoms with Crippen LogP contribution >= 0.6 is 12.4 Å². The molecule has 0 saturated heterocycles. The molecule has 2 N–H and O–H groups in total. The minimum Gasteiger partial charge on any atom is -0.496 e. The van der Waals surface area contributed by atoms with Crippen molar-refractivity contribution < 1.29 is 14.3 Å². The van der Waals surface area contributed by atoms with E-state index in [0.717, 1.165) is 16.3 Å². The Kier molecular flexibility index (Phi) is 6.46. The number of methoxy groups -OCH3 is 1. The fourth-order valence-electron chi connectivity index (χ4n) is 2.34. The normalized spacial score (nSPS) is 11.6. The number of hydrogen-bond acceptors (Lipinski definition) is 4. The topological polar surface area (TPSA) is 61.5 Å². The number of esters is 1. The summed E-state index contributed by atoms with van der Waals surface area (Å²) in [4.78, 5) is 11.6. The number of fused-ring (bicyclic) bond motifs is 1. The van der Waals surface area contributed by atoms with Gasteiger partial charge in [-0.05, 0) is 23.8 Å². The molecule has 2 aromatic rings. The summed E-state index contributed by atoms with van der Waals surface area (Å²) in [7, 11) is 1.60. The van der Waals surface area contributed by atoms with Crippen molar-refractivity contribution in [2.75, 3.05) is 13.7 Å². The second-order valence-electron chi connectivity index (χ2n) is 4.52. The lowest BCUT2D eigenvalue weighted by atomic mass is 9.96. The molecule has 4 nitrogen and oxygen atoms in total. The summed E-state index contributed by atoms with van der Waals surface area (Å²) in [5, 5.41) is 2.08. The van der Waals surface area contributed by atoms with Gasteiger partial charge < -0.3 is 15.2 Å². The maximum Gasteiger partial charge on any atom is 0.307 e. The van der Waals surface area contributed by atoms with Gasteiger partial charge in [-0.2, -0.15) is 0 Å². The zero-order valence-corrected chi connectivity index (χ0v) is 13.0. The van der Waals surface area contributed by atoms with Gasteiger partial charge in [-0.3, -0.25) is 4.79 Å². The predicted molar refractivity (Wildman–Crippen MR) is 85.9 cm³/mol. The zero-order valence-electron chi connectivity index (χ0n) is 12.2. The highest BCUT2D eigenvalue weighted by Crippen LogP contribution is 2.33. The van der Waals surface area contributed by atoms with E-state index in [9.17, 15) is 4.79 Å². The third-order valence-electron chi connectivity index (χ3n) is 3.21. The monoisotopic (exact) mass is 309 g/mol. The first-order valence-electron chi connectivity index (χ1n) is 6.64. The van der Waals surface area contributed by atoms with Gasteiger partial charge in [0.25, 0.3) is 0 Å². The molecular formula is C16H20ClNO3. The van der Waals surface area contributed by atoms with Crippen molar-refractivity contribution in [3.63, 3.8) is 0 Å². The van der Waals surface area contributed by atoms with Crippen LogP contribution in [0.2, 0.25) is 0 Å². The maximum absolute atomic E-state index is 11.6.